The van der Waals surface area contributed by atoms with E-state index in [2.05, 4.69) is 21.2 Å². The quantitative estimate of drug-likeness (QED) is 0.854. The number of halogens is 1. The highest BCUT2D eigenvalue weighted by atomic mass is 79.9. The average molecular weight is 375 g/mol. The van der Waals surface area contributed by atoms with Gasteiger partial charge in [0.05, 0.1) is 0 Å². The molecule has 2 rings (SSSR count). The maximum absolute atomic E-state index is 12.0. The van der Waals surface area contributed by atoms with Gasteiger partial charge in [0.2, 0.25) is 11.8 Å². The van der Waals surface area contributed by atoms with Crippen LogP contribution in [-0.4, -0.2) is 18.4 Å². The summed E-state index contributed by atoms with van der Waals surface area (Å²) < 4.78 is 0.940. The van der Waals surface area contributed by atoms with E-state index in [9.17, 15) is 9.59 Å². The Balaban J connectivity index is 2.01. The molecular weight excluding hydrogens is 356 g/mol. The molecule has 0 spiro atoms. The van der Waals surface area contributed by atoms with Crippen LogP contribution in [0.1, 0.15) is 18.9 Å². The van der Waals surface area contributed by atoms with Crippen LogP contribution < -0.4 is 10.2 Å². The van der Waals surface area contributed by atoms with E-state index in [1.54, 1.807) is 4.90 Å². The number of para-hydroxylation sites is 1. The zero-order valence-electron chi connectivity index (χ0n) is 13.2. The maximum Gasteiger partial charge on any atom is 0.226 e. The Morgan fingerprint density at radius 2 is 1.83 bits per heavy atom. The first-order chi connectivity index (χ1) is 11.0. The summed E-state index contributed by atoms with van der Waals surface area (Å²) in [5.41, 5.74) is 2.63. The molecule has 5 heteroatoms. The predicted molar refractivity (Wildman–Crippen MR) is 96.6 cm³/mol. The van der Waals surface area contributed by atoms with Gasteiger partial charge in [-0.05, 0) is 36.8 Å². The number of carbonyl (C=O) groups is 2. The highest BCUT2D eigenvalue weighted by molar-refractivity contribution is 9.10. The molecule has 0 saturated carbocycles. The first-order valence-electron chi connectivity index (χ1n) is 7.36. The third-order valence-corrected chi connectivity index (χ3v) is 4.32. The van der Waals surface area contributed by atoms with Crippen molar-refractivity contribution in [3.05, 3.63) is 58.6 Å². The van der Waals surface area contributed by atoms with Crippen LogP contribution in [0, 0.1) is 6.92 Å². The third kappa shape index (κ3) is 4.93. The lowest BCUT2D eigenvalue weighted by atomic mass is 10.2. The summed E-state index contributed by atoms with van der Waals surface area (Å²) in [6, 6.07) is 15.0. The minimum atomic E-state index is -0.117. The van der Waals surface area contributed by atoms with Crippen LogP contribution in [0.3, 0.4) is 0 Å². The Morgan fingerprint density at radius 3 is 2.43 bits per heavy atom. The molecule has 0 aliphatic heterocycles. The van der Waals surface area contributed by atoms with Gasteiger partial charge in [0, 0.05) is 35.7 Å². The van der Waals surface area contributed by atoms with Crippen LogP contribution >= 0.6 is 15.9 Å². The molecule has 4 nitrogen and oxygen atoms in total. The van der Waals surface area contributed by atoms with Gasteiger partial charge in [-0.2, -0.15) is 0 Å². The Bertz CT molecular complexity index is 701. The van der Waals surface area contributed by atoms with Crippen LogP contribution in [-0.2, 0) is 9.59 Å². The summed E-state index contributed by atoms with van der Waals surface area (Å²) in [6.45, 7) is 3.83. The summed E-state index contributed by atoms with van der Waals surface area (Å²) >= 11 is 3.47. The maximum atomic E-state index is 12.0. The van der Waals surface area contributed by atoms with Crippen molar-refractivity contribution in [1.82, 2.24) is 0 Å². The third-order valence-electron chi connectivity index (χ3n) is 3.47. The monoisotopic (exact) mass is 374 g/mol. The van der Waals surface area contributed by atoms with Crippen LogP contribution in [0.5, 0.6) is 0 Å². The predicted octanol–water partition coefficient (Wildman–Crippen LogP) is 4.14. The van der Waals surface area contributed by atoms with Gasteiger partial charge >= 0.3 is 0 Å². The second-order valence-corrected chi connectivity index (χ2v) is 6.12. The second-order valence-electron chi connectivity index (χ2n) is 5.27. The Hall–Kier alpha value is -2.14. The zero-order chi connectivity index (χ0) is 16.8. The van der Waals surface area contributed by atoms with Gasteiger partial charge in [0.1, 0.15) is 0 Å². The molecule has 0 radical (unpaired) electrons. The van der Waals surface area contributed by atoms with Gasteiger partial charge in [-0.3, -0.25) is 9.59 Å². The summed E-state index contributed by atoms with van der Waals surface area (Å²) in [4.78, 5) is 25.5. The number of aryl methyl sites for hydroxylation is 1. The fourth-order valence-corrected chi connectivity index (χ4v) is 2.54. The number of benzene rings is 2. The number of anilines is 2. The van der Waals surface area contributed by atoms with Crippen LogP contribution in [0.2, 0.25) is 0 Å². The van der Waals surface area contributed by atoms with Crippen LogP contribution in [0.4, 0.5) is 11.4 Å². The molecule has 0 heterocycles. The van der Waals surface area contributed by atoms with Gasteiger partial charge in [0.15, 0.2) is 0 Å². The van der Waals surface area contributed by atoms with Gasteiger partial charge in [0.25, 0.3) is 0 Å². The molecule has 0 unspecified atom stereocenters. The van der Waals surface area contributed by atoms with E-state index in [1.165, 1.54) is 6.92 Å². The van der Waals surface area contributed by atoms with E-state index in [1.807, 2.05) is 55.5 Å². The number of rotatable bonds is 5. The van der Waals surface area contributed by atoms with Crippen LogP contribution in [0.15, 0.2) is 53.0 Å². The van der Waals surface area contributed by atoms with E-state index < -0.39 is 0 Å². The molecule has 0 saturated heterocycles. The lowest BCUT2D eigenvalue weighted by Gasteiger charge is -2.21. The molecule has 1 N–H and O–H groups in total. The highest BCUT2D eigenvalue weighted by Gasteiger charge is 2.14. The van der Waals surface area contributed by atoms with E-state index in [4.69, 9.17) is 0 Å². The summed E-state index contributed by atoms with van der Waals surface area (Å²) in [7, 11) is 0. The molecule has 0 aliphatic rings. The molecule has 0 aromatic heterocycles. The number of hydrogen-bond acceptors (Lipinski definition) is 2. The Labute approximate surface area is 144 Å². The Morgan fingerprint density at radius 1 is 1.13 bits per heavy atom. The van der Waals surface area contributed by atoms with Gasteiger partial charge in [-0.15, -0.1) is 0 Å². The zero-order valence-corrected chi connectivity index (χ0v) is 14.8. The number of carbonyl (C=O) groups excluding carboxylic acids is 2. The molecule has 2 aromatic carbocycles. The first kappa shape index (κ1) is 17.2. The van der Waals surface area contributed by atoms with Crippen molar-refractivity contribution in [2.75, 3.05) is 16.8 Å². The molecule has 0 bridgehead atoms. The molecular formula is C18H19BrN2O2. The molecule has 120 valence electrons. The number of nitrogens with zero attached hydrogens (tertiary/aromatic N) is 1. The number of amides is 2. The summed E-state index contributed by atoms with van der Waals surface area (Å²) in [5, 5.41) is 2.82. The van der Waals surface area contributed by atoms with E-state index >= 15 is 0 Å². The van der Waals surface area contributed by atoms with Crippen molar-refractivity contribution in [2.45, 2.75) is 20.3 Å². The summed E-state index contributed by atoms with van der Waals surface area (Å²) in [5.74, 6) is -0.207. The second kappa shape index (κ2) is 7.92. The SMILES string of the molecule is CC(=O)N(CCC(=O)Nc1ccccc1)c1ccc(C)c(Br)c1. The van der Waals surface area contributed by atoms with Crippen molar-refractivity contribution in [3.63, 3.8) is 0 Å². The lowest BCUT2D eigenvalue weighted by molar-refractivity contribution is -0.117. The molecule has 0 aliphatic carbocycles. The van der Waals surface area contributed by atoms with Crippen molar-refractivity contribution >= 4 is 39.1 Å². The standard InChI is InChI=1S/C18H19BrN2O2/c1-13-8-9-16(12-17(13)19)21(14(2)22)11-10-18(23)20-15-6-4-3-5-7-15/h3-9,12H,10-11H2,1-2H3,(H,20,23). The van der Waals surface area contributed by atoms with E-state index in [0.29, 0.717) is 6.54 Å². The van der Waals surface area contributed by atoms with E-state index in [0.717, 1.165) is 21.4 Å². The van der Waals surface area contributed by atoms with Crippen molar-refractivity contribution < 1.29 is 9.59 Å². The largest absolute Gasteiger partial charge is 0.326 e. The van der Waals surface area contributed by atoms with Crippen molar-refractivity contribution in [3.8, 4) is 0 Å². The molecule has 0 fully saturated rings. The fraction of sp³-hybridized carbons (Fsp3) is 0.222. The molecule has 2 amide bonds. The minimum absolute atomic E-state index is 0.0896. The van der Waals surface area contributed by atoms with Crippen molar-refractivity contribution in [1.29, 1.82) is 0 Å². The first-order valence-corrected chi connectivity index (χ1v) is 8.16. The minimum Gasteiger partial charge on any atom is -0.326 e. The fourth-order valence-electron chi connectivity index (χ4n) is 2.18. The smallest absolute Gasteiger partial charge is 0.226 e. The lowest BCUT2D eigenvalue weighted by Crippen LogP contribution is -2.32. The molecule has 0 atom stereocenters. The highest BCUT2D eigenvalue weighted by Crippen LogP contribution is 2.24. The van der Waals surface area contributed by atoms with Crippen LogP contribution in [0.25, 0.3) is 0 Å². The Kier molecular flexibility index (Phi) is 5.93. The molecule has 2 aromatic rings. The van der Waals surface area contributed by atoms with E-state index in [-0.39, 0.29) is 18.2 Å². The topological polar surface area (TPSA) is 49.4 Å². The molecule has 23 heavy (non-hydrogen) atoms. The number of hydrogen-bond donors (Lipinski definition) is 1. The van der Waals surface area contributed by atoms with Gasteiger partial charge in [-0.25, -0.2) is 0 Å². The normalized spacial score (nSPS) is 10.2. The number of nitrogens with one attached hydrogen (secondary N) is 1. The van der Waals surface area contributed by atoms with Crippen molar-refractivity contribution in [2.24, 2.45) is 0 Å². The van der Waals surface area contributed by atoms with Gasteiger partial charge < -0.3 is 10.2 Å². The van der Waals surface area contributed by atoms with Gasteiger partial charge in [-0.1, -0.05) is 40.2 Å². The average Bonchev–Trinajstić information content (AvgIpc) is 2.51. The summed E-state index contributed by atoms with van der Waals surface area (Å²) in [6.07, 6.45) is 0.236.